The fourth-order valence-electron chi connectivity index (χ4n) is 0.984. The number of nitrogens with zero attached hydrogens (tertiary/aromatic N) is 2. The Hall–Kier alpha value is -0.520. The normalized spacial score (nSPS) is 9.70. The lowest BCUT2D eigenvalue weighted by atomic mass is 10.9. The molecule has 0 aliphatic rings. The molecule has 0 atom stereocenters. The summed E-state index contributed by atoms with van der Waals surface area (Å²) in [5.74, 6) is 1.11. The van der Waals surface area contributed by atoms with Gasteiger partial charge in [0.2, 0.25) is 0 Å². The third kappa shape index (κ3) is 0.920. The Morgan fingerprint density at radius 3 is 2.80 bits per heavy atom. The van der Waals surface area contributed by atoms with Crippen LogP contribution in [0.5, 0.6) is 0 Å². The van der Waals surface area contributed by atoms with Crippen LogP contribution in [0.3, 0.4) is 0 Å². The van der Waals surface area contributed by atoms with Gasteiger partial charge in [-0.2, -0.15) is 0 Å². The van der Waals surface area contributed by atoms with E-state index in [1.807, 2.05) is 40.8 Å². The van der Waals surface area contributed by atoms with Crippen LogP contribution in [0.15, 0.2) is 24.8 Å². The number of aromatic amines is 1. The van der Waals surface area contributed by atoms with E-state index in [0.29, 0.717) is 0 Å². The molecule has 2 heterocycles. The van der Waals surface area contributed by atoms with Crippen molar-refractivity contribution in [2.24, 2.45) is 7.05 Å². The summed E-state index contributed by atoms with van der Waals surface area (Å²) in [5.41, 5.74) is 0. The average Bonchev–Trinajstić information content (AvgIpc) is 2.35. The minimum atomic E-state index is 0. The Morgan fingerprint density at radius 2 is 2.10 bits per heavy atom. The third-order valence-electron chi connectivity index (χ3n) is 1.48. The van der Waals surface area contributed by atoms with Gasteiger partial charge in [0.15, 0.2) is 0 Å². The molecule has 0 bridgehead atoms. The standard InChI is InChI=1S/C6H7N3.HI/c1-8-4-5-9-3-2-7-6(8)9;/h2-5H,1H3;1H. The number of fused-ring (bicyclic) bond motifs is 1. The van der Waals surface area contributed by atoms with Crippen LogP contribution in [0, 0.1) is 0 Å². The highest BCUT2D eigenvalue weighted by Crippen LogP contribution is 1.93. The molecule has 0 aliphatic heterocycles. The van der Waals surface area contributed by atoms with Gasteiger partial charge in [-0.3, -0.25) is 0 Å². The molecule has 4 heteroatoms. The predicted molar refractivity (Wildman–Crippen MR) is 32.9 cm³/mol. The zero-order chi connectivity index (χ0) is 6.27. The van der Waals surface area contributed by atoms with E-state index < -0.39 is 0 Å². The van der Waals surface area contributed by atoms with Gasteiger partial charge < -0.3 is 24.0 Å². The number of halogens is 1. The lowest BCUT2D eigenvalue weighted by Crippen LogP contribution is -3.00. The fraction of sp³-hybridized carbons (Fsp3) is 0.167. The van der Waals surface area contributed by atoms with Gasteiger partial charge in [-0.25, -0.2) is 14.0 Å². The van der Waals surface area contributed by atoms with Crippen molar-refractivity contribution in [2.75, 3.05) is 0 Å². The second-order valence-corrected chi connectivity index (χ2v) is 2.10. The molecule has 0 aromatic carbocycles. The summed E-state index contributed by atoms with van der Waals surface area (Å²) < 4.78 is 4.06. The SMILES string of the molecule is Cn1ccn2cc[nH+]c12.[I-]. The van der Waals surface area contributed by atoms with Gasteiger partial charge in [-0.05, 0) is 0 Å². The van der Waals surface area contributed by atoms with Crippen molar-refractivity contribution >= 4 is 5.78 Å². The van der Waals surface area contributed by atoms with Gasteiger partial charge >= 0.3 is 5.78 Å². The quantitative estimate of drug-likeness (QED) is 0.447. The van der Waals surface area contributed by atoms with Gasteiger partial charge in [0, 0.05) is 0 Å². The van der Waals surface area contributed by atoms with E-state index in [2.05, 4.69) is 4.98 Å². The zero-order valence-corrected chi connectivity index (χ0v) is 7.74. The number of aromatic nitrogens is 3. The van der Waals surface area contributed by atoms with Crippen molar-refractivity contribution in [3.8, 4) is 0 Å². The Labute approximate surface area is 75.7 Å². The Bertz CT molecular complexity index is 322. The lowest BCUT2D eigenvalue weighted by molar-refractivity contribution is -0.348. The zero-order valence-electron chi connectivity index (χ0n) is 5.58. The summed E-state index contributed by atoms with van der Waals surface area (Å²) in [5, 5.41) is 0. The van der Waals surface area contributed by atoms with Crippen LogP contribution in [0.4, 0.5) is 0 Å². The highest BCUT2D eigenvalue weighted by molar-refractivity contribution is 5.20. The number of aryl methyl sites for hydroxylation is 1. The van der Waals surface area contributed by atoms with Crippen molar-refractivity contribution in [1.29, 1.82) is 0 Å². The first-order valence-corrected chi connectivity index (χ1v) is 2.87. The Kier molecular flexibility index (Phi) is 1.98. The predicted octanol–water partition coefficient (Wildman–Crippen LogP) is -2.90. The maximum atomic E-state index is 3.09. The van der Waals surface area contributed by atoms with Crippen LogP contribution in [0.2, 0.25) is 0 Å². The number of hydrogen-bond donors (Lipinski definition) is 0. The first kappa shape index (κ1) is 7.59. The highest BCUT2D eigenvalue weighted by atomic mass is 127. The maximum Gasteiger partial charge on any atom is 0.366 e. The van der Waals surface area contributed by atoms with Crippen molar-refractivity contribution in [1.82, 2.24) is 8.97 Å². The minimum Gasteiger partial charge on any atom is -1.00 e. The summed E-state index contributed by atoms with van der Waals surface area (Å²) in [6, 6.07) is 0. The smallest absolute Gasteiger partial charge is 0.366 e. The molecule has 54 valence electrons. The average molecular weight is 249 g/mol. The molecule has 2 aromatic rings. The molecule has 0 saturated carbocycles. The molecule has 0 amide bonds. The number of nitrogens with one attached hydrogen (secondary N) is 1. The van der Waals surface area contributed by atoms with Crippen molar-refractivity contribution in [3.05, 3.63) is 24.8 Å². The van der Waals surface area contributed by atoms with E-state index in [-0.39, 0.29) is 24.0 Å². The molecule has 0 saturated heterocycles. The van der Waals surface area contributed by atoms with Gasteiger partial charge in [-0.1, -0.05) is 0 Å². The Balaban J connectivity index is 0.000000500. The van der Waals surface area contributed by atoms with Crippen LogP contribution in [0.25, 0.3) is 5.78 Å². The lowest BCUT2D eigenvalue weighted by Gasteiger charge is -1.76. The van der Waals surface area contributed by atoms with E-state index in [4.69, 9.17) is 0 Å². The highest BCUT2D eigenvalue weighted by Gasteiger charge is 2.02. The molecule has 0 aliphatic carbocycles. The van der Waals surface area contributed by atoms with Gasteiger partial charge in [0.25, 0.3) is 0 Å². The molecule has 10 heavy (non-hydrogen) atoms. The van der Waals surface area contributed by atoms with E-state index in [1.54, 1.807) is 0 Å². The Morgan fingerprint density at radius 1 is 1.30 bits per heavy atom. The van der Waals surface area contributed by atoms with Crippen LogP contribution in [-0.4, -0.2) is 8.97 Å². The van der Waals surface area contributed by atoms with Crippen molar-refractivity contribution in [2.45, 2.75) is 0 Å². The van der Waals surface area contributed by atoms with E-state index in [9.17, 15) is 0 Å². The van der Waals surface area contributed by atoms with Crippen molar-refractivity contribution in [3.63, 3.8) is 0 Å². The van der Waals surface area contributed by atoms with E-state index >= 15 is 0 Å². The number of imidazole rings is 2. The van der Waals surface area contributed by atoms with Crippen LogP contribution >= 0.6 is 0 Å². The second-order valence-electron chi connectivity index (χ2n) is 2.10. The van der Waals surface area contributed by atoms with Crippen molar-refractivity contribution < 1.29 is 29.0 Å². The molecular weight excluding hydrogens is 241 g/mol. The van der Waals surface area contributed by atoms with Gasteiger partial charge in [0.1, 0.15) is 12.4 Å². The molecule has 0 fully saturated rings. The number of hydrogen-bond acceptors (Lipinski definition) is 0. The maximum absolute atomic E-state index is 3.09. The monoisotopic (exact) mass is 249 g/mol. The molecule has 2 rings (SSSR count). The largest absolute Gasteiger partial charge is 1.00 e. The van der Waals surface area contributed by atoms with Crippen LogP contribution in [0.1, 0.15) is 0 Å². The molecule has 0 unspecified atom stereocenters. The summed E-state index contributed by atoms with van der Waals surface area (Å²) >= 11 is 0. The van der Waals surface area contributed by atoms with Gasteiger partial charge in [-0.15, -0.1) is 0 Å². The first-order valence-electron chi connectivity index (χ1n) is 2.87. The first-order chi connectivity index (χ1) is 4.38. The summed E-state index contributed by atoms with van der Waals surface area (Å²) in [6.07, 6.45) is 7.91. The van der Waals surface area contributed by atoms with E-state index in [0.717, 1.165) is 5.78 Å². The fourth-order valence-corrected chi connectivity index (χ4v) is 0.984. The van der Waals surface area contributed by atoms with Crippen LogP contribution in [-0.2, 0) is 7.05 Å². The molecule has 2 aromatic heterocycles. The molecule has 0 radical (unpaired) electrons. The van der Waals surface area contributed by atoms with Gasteiger partial charge in [0.05, 0.1) is 19.4 Å². The summed E-state index contributed by atoms with van der Waals surface area (Å²) in [6.45, 7) is 0. The van der Waals surface area contributed by atoms with Crippen LogP contribution < -0.4 is 29.0 Å². The topological polar surface area (TPSA) is 23.5 Å². The number of H-pyrrole nitrogens is 1. The van der Waals surface area contributed by atoms with E-state index in [1.165, 1.54) is 0 Å². The number of rotatable bonds is 0. The molecule has 1 N–H and O–H groups in total. The molecule has 3 nitrogen and oxygen atoms in total. The molecular formula is C6H8IN3. The summed E-state index contributed by atoms with van der Waals surface area (Å²) in [7, 11) is 2.01. The molecule has 0 spiro atoms. The second kappa shape index (κ2) is 2.61. The summed E-state index contributed by atoms with van der Waals surface area (Å²) in [4.78, 5) is 3.09. The third-order valence-corrected chi connectivity index (χ3v) is 1.48. The minimum absolute atomic E-state index is 0.